The van der Waals surface area contributed by atoms with Crippen LogP contribution < -0.4 is 20.9 Å². The quantitative estimate of drug-likeness (QED) is 0.294. The number of anilines is 2. The van der Waals surface area contributed by atoms with E-state index in [0.717, 1.165) is 24.3 Å². The Morgan fingerprint density at radius 1 is 1.15 bits per heavy atom. The Morgan fingerprint density at radius 2 is 1.79 bits per heavy atom. The highest BCUT2D eigenvalue weighted by atomic mass is 32.1. The van der Waals surface area contributed by atoms with E-state index < -0.39 is 16.4 Å². The summed E-state index contributed by atoms with van der Waals surface area (Å²) in [6.45, 7) is 12.0. The first-order valence-corrected chi connectivity index (χ1v) is 11.7. The molecule has 1 aliphatic rings. The van der Waals surface area contributed by atoms with Crippen molar-refractivity contribution in [3.63, 3.8) is 0 Å². The van der Waals surface area contributed by atoms with Crippen LogP contribution in [0.1, 0.15) is 46.2 Å². The SMILES string of the molecule is CCN(CC)c1ccc(C2NC(=S)NC(C(C)(C)C)=C2C(=O)Nc2cccc([N+](=O)[O-])c2)cc1. The molecule has 0 aromatic heterocycles. The number of thiocarbonyl (C=S) groups is 1. The van der Waals surface area contributed by atoms with Gasteiger partial charge in [0, 0.05) is 47.7 Å². The normalized spacial score (nSPS) is 15.9. The number of nitro groups is 1. The highest BCUT2D eigenvalue weighted by Crippen LogP contribution is 2.36. The van der Waals surface area contributed by atoms with E-state index in [-0.39, 0.29) is 11.6 Å². The maximum atomic E-state index is 13.6. The van der Waals surface area contributed by atoms with E-state index >= 15 is 0 Å². The van der Waals surface area contributed by atoms with Crippen molar-refractivity contribution in [1.29, 1.82) is 0 Å². The largest absolute Gasteiger partial charge is 0.372 e. The fourth-order valence-electron chi connectivity index (χ4n) is 4.01. The summed E-state index contributed by atoms with van der Waals surface area (Å²) in [4.78, 5) is 26.5. The van der Waals surface area contributed by atoms with Crippen LogP contribution in [0.2, 0.25) is 0 Å². The molecule has 0 radical (unpaired) electrons. The number of nitrogens with one attached hydrogen (secondary N) is 3. The van der Waals surface area contributed by atoms with Crippen molar-refractivity contribution in [1.82, 2.24) is 10.6 Å². The van der Waals surface area contributed by atoms with Crippen molar-refractivity contribution < 1.29 is 9.72 Å². The Balaban J connectivity index is 2.04. The highest BCUT2D eigenvalue weighted by Gasteiger charge is 2.36. The summed E-state index contributed by atoms with van der Waals surface area (Å²) in [7, 11) is 0. The monoisotopic (exact) mass is 481 g/mol. The minimum atomic E-state index is -0.488. The molecule has 0 bridgehead atoms. The predicted octanol–water partition coefficient (Wildman–Crippen LogP) is 4.90. The van der Waals surface area contributed by atoms with E-state index in [1.807, 2.05) is 45.0 Å². The van der Waals surface area contributed by atoms with Gasteiger partial charge in [0.05, 0.1) is 16.5 Å². The van der Waals surface area contributed by atoms with E-state index in [0.29, 0.717) is 22.1 Å². The van der Waals surface area contributed by atoms with E-state index in [1.54, 1.807) is 12.1 Å². The third-order valence-electron chi connectivity index (χ3n) is 5.74. The second-order valence-electron chi connectivity index (χ2n) is 9.10. The molecular formula is C25H31N5O3S. The summed E-state index contributed by atoms with van der Waals surface area (Å²) in [6, 6.07) is 13.5. The summed E-state index contributed by atoms with van der Waals surface area (Å²) >= 11 is 5.48. The number of benzene rings is 2. The van der Waals surface area contributed by atoms with Crippen molar-refractivity contribution in [2.45, 2.75) is 40.7 Å². The van der Waals surface area contributed by atoms with E-state index in [9.17, 15) is 14.9 Å². The van der Waals surface area contributed by atoms with Gasteiger partial charge in [-0.1, -0.05) is 39.0 Å². The second kappa shape index (κ2) is 10.2. The van der Waals surface area contributed by atoms with Crippen LogP contribution in [0, 0.1) is 15.5 Å². The third-order valence-corrected chi connectivity index (χ3v) is 5.96. The van der Waals surface area contributed by atoms with Gasteiger partial charge in [-0.15, -0.1) is 0 Å². The molecule has 0 aliphatic carbocycles. The molecule has 1 aliphatic heterocycles. The van der Waals surface area contributed by atoms with Gasteiger partial charge >= 0.3 is 0 Å². The molecule has 8 nitrogen and oxygen atoms in total. The number of carbonyl (C=O) groups is 1. The topological polar surface area (TPSA) is 99.5 Å². The fraction of sp³-hybridized carbons (Fsp3) is 0.360. The van der Waals surface area contributed by atoms with Crippen LogP contribution in [0.25, 0.3) is 0 Å². The molecule has 180 valence electrons. The number of nitrogens with zero attached hydrogens (tertiary/aromatic N) is 2. The number of rotatable bonds is 7. The average Bonchev–Trinajstić information content (AvgIpc) is 2.79. The van der Waals surface area contributed by atoms with Crippen molar-refractivity contribution >= 4 is 40.3 Å². The first-order valence-electron chi connectivity index (χ1n) is 11.3. The summed E-state index contributed by atoms with van der Waals surface area (Å²) < 4.78 is 0. The summed E-state index contributed by atoms with van der Waals surface area (Å²) in [5, 5.41) is 20.9. The van der Waals surface area contributed by atoms with Gasteiger partial charge in [-0.3, -0.25) is 14.9 Å². The molecule has 1 heterocycles. The van der Waals surface area contributed by atoms with E-state index in [1.165, 1.54) is 12.1 Å². The van der Waals surface area contributed by atoms with Crippen molar-refractivity contribution in [2.75, 3.05) is 23.3 Å². The van der Waals surface area contributed by atoms with Gasteiger partial charge in [0.1, 0.15) is 0 Å². The van der Waals surface area contributed by atoms with Gasteiger partial charge in [0.2, 0.25) is 0 Å². The molecule has 0 spiro atoms. The minimum Gasteiger partial charge on any atom is -0.372 e. The number of allylic oxidation sites excluding steroid dienone is 1. The van der Waals surface area contributed by atoms with Crippen molar-refractivity contribution in [3.05, 3.63) is 75.5 Å². The number of hydrogen-bond donors (Lipinski definition) is 3. The molecule has 0 fully saturated rings. The first-order chi connectivity index (χ1) is 16.0. The van der Waals surface area contributed by atoms with Gasteiger partial charge < -0.3 is 20.9 Å². The van der Waals surface area contributed by atoms with Gasteiger partial charge in [0.15, 0.2) is 5.11 Å². The Morgan fingerprint density at radius 3 is 2.35 bits per heavy atom. The Kier molecular flexibility index (Phi) is 7.56. The average molecular weight is 482 g/mol. The molecule has 1 amide bonds. The fourth-order valence-corrected chi connectivity index (χ4v) is 4.23. The Bertz CT molecular complexity index is 1120. The lowest BCUT2D eigenvalue weighted by atomic mass is 9.83. The van der Waals surface area contributed by atoms with Crippen LogP contribution in [-0.2, 0) is 4.79 Å². The van der Waals surface area contributed by atoms with Gasteiger partial charge in [-0.25, -0.2) is 0 Å². The Labute approximate surface area is 205 Å². The highest BCUT2D eigenvalue weighted by molar-refractivity contribution is 7.80. The predicted molar refractivity (Wildman–Crippen MR) is 140 cm³/mol. The van der Waals surface area contributed by atoms with Gasteiger partial charge in [-0.2, -0.15) is 0 Å². The van der Waals surface area contributed by atoms with Crippen LogP contribution in [0.15, 0.2) is 59.8 Å². The zero-order chi connectivity index (χ0) is 25.0. The zero-order valence-electron chi connectivity index (χ0n) is 20.1. The Hall–Kier alpha value is -3.46. The lowest BCUT2D eigenvalue weighted by Gasteiger charge is -2.37. The lowest BCUT2D eigenvalue weighted by Crippen LogP contribution is -2.49. The smallest absolute Gasteiger partial charge is 0.271 e. The zero-order valence-corrected chi connectivity index (χ0v) is 21.0. The molecule has 9 heteroatoms. The van der Waals surface area contributed by atoms with Crippen LogP contribution in [0.3, 0.4) is 0 Å². The van der Waals surface area contributed by atoms with Crippen LogP contribution >= 0.6 is 12.2 Å². The molecule has 3 rings (SSSR count). The molecule has 2 aromatic rings. The molecule has 34 heavy (non-hydrogen) atoms. The van der Waals surface area contributed by atoms with Crippen molar-refractivity contribution in [2.24, 2.45) is 5.41 Å². The summed E-state index contributed by atoms with van der Waals surface area (Å²) in [6.07, 6.45) is 0. The van der Waals surface area contributed by atoms with Gasteiger partial charge in [0.25, 0.3) is 11.6 Å². The maximum absolute atomic E-state index is 13.6. The molecule has 1 atom stereocenters. The standard InChI is InChI=1S/C25H31N5O3S/c1-6-29(7-2)18-13-11-16(12-14-18)21-20(22(25(3,4)5)28-24(34)27-21)23(31)26-17-9-8-10-19(15-17)30(32)33/h8-15,21H,6-7H2,1-5H3,(H,26,31)(H2,27,28,34). The van der Waals surface area contributed by atoms with Crippen LogP contribution in [0.5, 0.6) is 0 Å². The number of nitro benzene ring substituents is 1. The first kappa shape index (κ1) is 25.2. The molecule has 2 aromatic carbocycles. The molecule has 3 N–H and O–H groups in total. The van der Waals surface area contributed by atoms with E-state index in [4.69, 9.17) is 12.2 Å². The lowest BCUT2D eigenvalue weighted by molar-refractivity contribution is -0.384. The number of hydrogen-bond acceptors (Lipinski definition) is 5. The van der Waals surface area contributed by atoms with E-state index in [2.05, 4.69) is 34.7 Å². The molecule has 0 saturated carbocycles. The molecular weight excluding hydrogens is 450 g/mol. The number of amides is 1. The second-order valence-corrected chi connectivity index (χ2v) is 9.50. The number of carbonyl (C=O) groups excluding carboxylic acids is 1. The summed E-state index contributed by atoms with van der Waals surface area (Å²) in [5.41, 5.74) is 3.05. The minimum absolute atomic E-state index is 0.0903. The maximum Gasteiger partial charge on any atom is 0.271 e. The van der Waals surface area contributed by atoms with Gasteiger partial charge in [-0.05, 0) is 49.8 Å². The third kappa shape index (κ3) is 5.53. The van der Waals surface area contributed by atoms with Crippen LogP contribution in [-0.4, -0.2) is 29.0 Å². The molecule has 0 saturated heterocycles. The number of non-ortho nitro benzene ring substituents is 1. The molecule has 1 unspecified atom stereocenters. The van der Waals surface area contributed by atoms with Crippen molar-refractivity contribution in [3.8, 4) is 0 Å². The van der Waals surface area contributed by atoms with Crippen LogP contribution in [0.4, 0.5) is 17.1 Å². The summed E-state index contributed by atoms with van der Waals surface area (Å²) in [5.74, 6) is -0.356.